The first-order valence-electron chi connectivity index (χ1n) is 6.83. The summed E-state index contributed by atoms with van der Waals surface area (Å²) in [5, 5.41) is 14.9. The van der Waals surface area contributed by atoms with E-state index in [4.69, 9.17) is 10.5 Å². The van der Waals surface area contributed by atoms with E-state index in [1.807, 2.05) is 11.7 Å². The molecule has 0 aromatic carbocycles. The fraction of sp³-hybridized carbons (Fsp3) is 0.385. The van der Waals surface area contributed by atoms with Gasteiger partial charge in [-0.2, -0.15) is 5.10 Å². The van der Waals surface area contributed by atoms with Crippen LogP contribution in [0.1, 0.15) is 30.1 Å². The lowest BCUT2D eigenvalue weighted by atomic mass is 10.3. The Bertz CT molecular complexity index is 802. The molecular formula is C13H15N7O. The molecule has 1 saturated carbocycles. The number of aromatic amines is 1. The number of aromatic nitrogens is 6. The molecule has 1 aliphatic rings. The van der Waals surface area contributed by atoms with E-state index in [0.717, 1.165) is 11.4 Å². The number of nitrogen functional groups attached to an aromatic ring is 1. The molecule has 0 bridgehead atoms. The number of rotatable bonds is 4. The van der Waals surface area contributed by atoms with Crippen LogP contribution in [0.4, 0.5) is 5.82 Å². The largest absolute Gasteiger partial charge is 0.485 e. The minimum Gasteiger partial charge on any atom is -0.485 e. The molecule has 4 rings (SSSR count). The van der Waals surface area contributed by atoms with E-state index >= 15 is 0 Å². The minimum atomic E-state index is 0.368. The summed E-state index contributed by atoms with van der Waals surface area (Å²) >= 11 is 0. The van der Waals surface area contributed by atoms with Crippen molar-refractivity contribution in [3.05, 3.63) is 23.5 Å². The molecule has 1 fully saturated rings. The van der Waals surface area contributed by atoms with Crippen molar-refractivity contribution in [3.63, 3.8) is 0 Å². The van der Waals surface area contributed by atoms with Gasteiger partial charge < -0.3 is 10.5 Å². The molecule has 8 nitrogen and oxygen atoms in total. The van der Waals surface area contributed by atoms with Crippen LogP contribution in [0, 0.1) is 0 Å². The highest BCUT2D eigenvalue weighted by atomic mass is 16.5. The van der Waals surface area contributed by atoms with Crippen LogP contribution in [-0.2, 0) is 13.7 Å². The second-order valence-electron chi connectivity index (χ2n) is 5.30. The first kappa shape index (κ1) is 12.1. The SMILES string of the molecule is Cn1nc(C2CC2)cc1COc1cc(N)nc2[nH]nnc12. The van der Waals surface area contributed by atoms with Gasteiger partial charge in [0.2, 0.25) is 0 Å². The number of ether oxygens (including phenoxy) is 1. The Morgan fingerprint density at radius 1 is 1.43 bits per heavy atom. The van der Waals surface area contributed by atoms with Crippen molar-refractivity contribution < 1.29 is 4.74 Å². The average Bonchev–Trinajstić information content (AvgIpc) is 3.09. The maximum absolute atomic E-state index is 5.84. The van der Waals surface area contributed by atoms with Crippen LogP contribution in [0.2, 0.25) is 0 Å². The molecular weight excluding hydrogens is 270 g/mol. The predicted molar refractivity (Wildman–Crippen MR) is 75.6 cm³/mol. The summed E-state index contributed by atoms with van der Waals surface area (Å²) in [6, 6.07) is 3.76. The van der Waals surface area contributed by atoms with Gasteiger partial charge in [-0.3, -0.25) is 4.68 Å². The lowest BCUT2D eigenvalue weighted by molar-refractivity contribution is 0.298. The van der Waals surface area contributed by atoms with Gasteiger partial charge in [-0.15, -0.1) is 5.10 Å². The monoisotopic (exact) mass is 285 g/mol. The number of hydrogen-bond acceptors (Lipinski definition) is 6. The van der Waals surface area contributed by atoms with Gasteiger partial charge in [0.25, 0.3) is 0 Å². The average molecular weight is 285 g/mol. The maximum atomic E-state index is 5.84. The number of H-pyrrole nitrogens is 1. The normalized spacial score (nSPS) is 14.7. The number of nitrogens with one attached hydrogen (secondary N) is 1. The van der Waals surface area contributed by atoms with E-state index in [0.29, 0.717) is 35.3 Å². The number of nitrogens with zero attached hydrogens (tertiary/aromatic N) is 5. The highest BCUT2D eigenvalue weighted by Crippen LogP contribution is 2.39. The molecule has 0 amide bonds. The molecule has 108 valence electrons. The molecule has 3 aromatic heterocycles. The van der Waals surface area contributed by atoms with E-state index in [2.05, 4.69) is 31.6 Å². The van der Waals surface area contributed by atoms with Gasteiger partial charge in [0, 0.05) is 19.0 Å². The number of anilines is 1. The van der Waals surface area contributed by atoms with E-state index in [1.54, 1.807) is 6.07 Å². The third-order valence-electron chi connectivity index (χ3n) is 3.65. The Morgan fingerprint density at radius 2 is 2.29 bits per heavy atom. The smallest absolute Gasteiger partial charge is 0.181 e. The van der Waals surface area contributed by atoms with Crippen LogP contribution in [0.5, 0.6) is 5.75 Å². The number of hydrogen-bond donors (Lipinski definition) is 2. The number of aryl methyl sites for hydroxylation is 1. The molecule has 3 aromatic rings. The van der Waals surface area contributed by atoms with Crippen LogP contribution in [-0.4, -0.2) is 30.2 Å². The fourth-order valence-corrected chi connectivity index (χ4v) is 2.34. The van der Waals surface area contributed by atoms with Crippen molar-refractivity contribution in [1.29, 1.82) is 0 Å². The Balaban J connectivity index is 1.59. The molecule has 21 heavy (non-hydrogen) atoms. The van der Waals surface area contributed by atoms with Gasteiger partial charge in [-0.05, 0) is 18.9 Å². The molecule has 0 saturated heterocycles. The number of fused-ring (bicyclic) bond motifs is 1. The molecule has 0 spiro atoms. The van der Waals surface area contributed by atoms with E-state index in [1.165, 1.54) is 12.8 Å². The lowest BCUT2D eigenvalue weighted by Crippen LogP contribution is -2.04. The van der Waals surface area contributed by atoms with Crippen molar-refractivity contribution in [2.75, 3.05) is 5.73 Å². The summed E-state index contributed by atoms with van der Waals surface area (Å²) in [5.74, 6) is 1.57. The second-order valence-corrected chi connectivity index (χ2v) is 5.30. The van der Waals surface area contributed by atoms with Crippen LogP contribution in [0.25, 0.3) is 11.2 Å². The van der Waals surface area contributed by atoms with Crippen molar-refractivity contribution in [2.45, 2.75) is 25.4 Å². The minimum absolute atomic E-state index is 0.368. The first-order valence-corrected chi connectivity index (χ1v) is 6.83. The van der Waals surface area contributed by atoms with Gasteiger partial charge >= 0.3 is 0 Å². The molecule has 3 N–H and O–H groups in total. The van der Waals surface area contributed by atoms with Crippen molar-refractivity contribution in [3.8, 4) is 5.75 Å². The molecule has 8 heteroatoms. The van der Waals surface area contributed by atoms with Crippen molar-refractivity contribution >= 4 is 17.0 Å². The van der Waals surface area contributed by atoms with Crippen LogP contribution < -0.4 is 10.5 Å². The van der Waals surface area contributed by atoms with E-state index < -0.39 is 0 Å². The highest BCUT2D eigenvalue weighted by molar-refractivity contribution is 5.78. The predicted octanol–water partition coefficient (Wildman–Crippen LogP) is 1.12. The molecule has 0 unspecified atom stereocenters. The van der Waals surface area contributed by atoms with Gasteiger partial charge in [0.05, 0.1) is 11.4 Å². The molecule has 3 heterocycles. The van der Waals surface area contributed by atoms with Crippen molar-refractivity contribution in [1.82, 2.24) is 30.2 Å². The summed E-state index contributed by atoms with van der Waals surface area (Å²) in [5.41, 5.74) is 9.02. The number of pyridine rings is 1. The van der Waals surface area contributed by atoms with Crippen molar-refractivity contribution in [2.24, 2.45) is 7.05 Å². The van der Waals surface area contributed by atoms with Gasteiger partial charge in [-0.1, -0.05) is 5.21 Å². The second kappa shape index (κ2) is 4.44. The standard InChI is InChI=1S/C13H15N7O/c1-20-8(4-9(18-20)7-2-3-7)6-21-10-5-11(14)15-13-12(10)16-19-17-13/h4-5,7H,2-3,6H2,1H3,(H3,14,15,16,17,19). The van der Waals surface area contributed by atoms with Crippen LogP contribution in [0.15, 0.2) is 12.1 Å². The van der Waals surface area contributed by atoms with Gasteiger partial charge in [-0.25, -0.2) is 10.1 Å². The quantitative estimate of drug-likeness (QED) is 0.744. The van der Waals surface area contributed by atoms with Crippen LogP contribution in [0.3, 0.4) is 0 Å². The summed E-state index contributed by atoms with van der Waals surface area (Å²) < 4.78 is 7.69. The van der Waals surface area contributed by atoms with Crippen LogP contribution >= 0.6 is 0 Å². The third kappa shape index (κ3) is 2.18. The third-order valence-corrected chi connectivity index (χ3v) is 3.65. The Hall–Kier alpha value is -2.64. The Morgan fingerprint density at radius 3 is 3.10 bits per heavy atom. The topological polar surface area (TPSA) is 108 Å². The first-order chi connectivity index (χ1) is 10.2. The van der Waals surface area contributed by atoms with E-state index in [-0.39, 0.29) is 0 Å². The summed E-state index contributed by atoms with van der Waals surface area (Å²) in [6.07, 6.45) is 2.47. The highest BCUT2D eigenvalue weighted by Gasteiger charge is 2.26. The zero-order valence-electron chi connectivity index (χ0n) is 11.6. The summed E-state index contributed by atoms with van der Waals surface area (Å²) in [4.78, 5) is 4.10. The van der Waals surface area contributed by atoms with Gasteiger partial charge in [0.1, 0.15) is 12.4 Å². The fourth-order valence-electron chi connectivity index (χ4n) is 2.34. The Labute approximate surface area is 120 Å². The molecule has 0 radical (unpaired) electrons. The zero-order valence-corrected chi connectivity index (χ0v) is 11.6. The zero-order chi connectivity index (χ0) is 14.4. The lowest BCUT2D eigenvalue weighted by Gasteiger charge is -2.07. The number of nitrogens with two attached hydrogens (primary N) is 1. The molecule has 1 aliphatic carbocycles. The summed E-state index contributed by atoms with van der Waals surface area (Å²) in [7, 11) is 1.93. The van der Waals surface area contributed by atoms with Gasteiger partial charge in [0.15, 0.2) is 16.9 Å². The Kier molecular flexibility index (Phi) is 2.56. The van der Waals surface area contributed by atoms with E-state index in [9.17, 15) is 0 Å². The molecule has 0 atom stereocenters. The summed E-state index contributed by atoms with van der Waals surface area (Å²) in [6.45, 7) is 0.404. The molecule has 0 aliphatic heterocycles. The maximum Gasteiger partial charge on any atom is 0.181 e.